The van der Waals surface area contributed by atoms with Crippen molar-refractivity contribution in [1.29, 1.82) is 0 Å². The number of fused-ring (bicyclic) bond motifs is 1. The van der Waals surface area contributed by atoms with Crippen LogP contribution in [0, 0.1) is 0 Å². The summed E-state index contributed by atoms with van der Waals surface area (Å²) in [7, 11) is 0. The quantitative estimate of drug-likeness (QED) is 0.824. The van der Waals surface area contributed by atoms with E-state index in [9.17, 15) is 22.8 Å². The Hall–Kier alpha value is -2.12. The van der Waals surface area contributed by atoms with E-state index in [4.69, 9.17) is 5.11 Å². The number of hydrogen-bond donors (Lipinski definition) is 1. The van der Waals surface area contributed by atoms with Crippen LogP contribution in [0.3, 0.4) is 0 Å². The molecule has 1 aromatic rings. The Balaban J connectivity index is 2.35. The normalized spacial score (nSPS) is 14.5. The van der Waals surface area contributed by atoms with Crippen LogP contribution in [0.2, 0.25) is 0 Å². The van der Waals surface area contributed by atoms with E-state index in [-0.39, 0.29) is 24.3 Å². The van der Waals surface area contributed by atoms with Gasteiger partial charge >= 0.3 is 18.1 Å². The van der Waals surface area contributed by atoms with Crippen molar-refractivity contribution in [2.75, 3.05) is 11.4 Å². The Morgan fingerprint density at radius 3 is 2.61 bits per heavy atom. The maximum Gasteiger partial charge on any atom is 0.471 e. The van der Waals surface area contributed by atoms with E-state index in [1.807, 2.05) is 0 Å². The summed E-state index contributed by atoms with van der Waals surface area (Å²) in [5, 5.41) is 8.72. The molecular weight excluding hydrogens is 253 g/mol. The Bertz CT molecular complexity index is 528. The molecule has 0 atom stereocenters. The third-order valence-electron chi connectivity index (χ3n) is 2.54. The van der Waals surface area contributed by atoms with Crippen LogP contribution in [0.5, 0.6) is 0 Å². The summed E-state index contributed by atoms with van der Waals surface area (Å²) < 4.78 is 36.9. The van der Waals surface area contributed by atoms with E-state index in [0.717, 1.165) is 6.20 Å². The van der Waals surface area contributed by atoms with Crippen molar-refractivity contribution in [3.8, 4) is 0 Å². The number of carboxylic acid groups (broad SMARTS) is 1. The highest BCUT2D eigenvalue weighted by Crippen LogP contribution is 2.30. The molecule has 8 heteroatoms. The minimum absolute atomic E-state index is 0.116. The lowest BCUT2D eigenvalue weighted by Gasteiger charge is -2.17. The average molecular weight is 260 g/mol. The molecule has 0 aromatic carbocycles. The molecule has 0 fully saturated rings. The van der Waals surface area contributed by atoms with E-state index in [2.05, 4.69) is 4.98 Å². The van der Waals surface area contributed by atoms with Crippen molar-refractivity contribution >= 4 is 17.7 Å². The van der Waals surface area contributed by atoms with Crippen LogP contribution < -0.4 is 4.90 Å². The number of halogens is 3. The smallest absolute Gasteiger partial charge is 0.471 e. The minimum atomic E-state index is -4.96. The van der Waals surface area contributed by atoms with Gasteiger partial charge in [-0.2, -0.15) is 13.2 Å². The van der Waals surface area contributed by atoms with E-state index < -0.39 is 18.1 Å². The van der Waals surface area contributed by atoms with Crippen LogP contribution in [0.1, 0.15) is 15.9 Å². The van der Waals surface area contributed by atoms with Gasteiger partial charge in [-0.1, -0.05) is 0 Å². The molecule has 18 heavy (non-hydrogen) atoms. The van der Waals surface area contributed by atoms with E-state index >= 15 is 0 Å². The molecule has 0 bridgehead atoms. The van der Waals surface area contributed by atoms with Gasteiger partial charge in [0.05, 0.1) is 5.56 Å². The van der Waals surface area contributed by atoms with Gasteiger partial charge < -0.3 is 5.11 Å². The molecule has 0 unspecified atom stereocenters. The number of aromatic carboxylic acids is 1. The van der Waals surface area contributed by atoms with E-state index in [1.165, 1.54) is 6.07 Å². The maximum atomic E-state index is 12.3. The number of rotatable bonds is 1. The first-order chi connectivity index (χ1) is 8.30. The lowest BCUT2D eigenvalue weighted by Crippen LogP contribution is -2.40. The summed E-state index contributed by atoms with van der Waals surface area (Å²) in [6, 6.07) is 1.23. The van der Waals surface area contributed by atoms with E-state index in [0.29, 0.717) is 10.5 Å². The molecule has 0 spiro atoms. The van der Waals surface area contributed by atoms with Crippen LogP contribution in [0.15, 0.2) is 12.3 Å². The highest BCUT2D eigenvalue weighted by Gasteiger charge is 2.45. The number of carboxylic acids is 1. The van der Waals surface area contributed by atoms with Crippen molar-refractivity contribution in [2.24, 2.45) is 0 Å². The second-order valence-electron chi connectivity index (χ2n) is 3.72. The molecule has 1 aliphatic rings. The van der Waals surface area contributed by atoms with E-state index in [1.54, 1.807) is 0 Å². The second-order valence-corrected chi connectivity index (χ2v) is 3.72. The minimum Gasteiger partial charge on any atom is -0.478 e. The molecule has 5 nitrogen and oxygen atoms in total. The maximum absolute atomic E-state index is 12.3. The van der Waals surface area contributed by atoms with Gasteiger partial charge in [-0.05, 0) is 18.1 Å². The van der Waals surface area contributed by atoms with Crippen LogP contribution in [0.4, 0.5) is 19.0 Å². The van der Waals surface area contributed by atoms with Crippen molar-refractivity contribution in [2.45, 2.75) is 12.6 Å². The first-order valence-electron chi connectivity index (χ1n) is 4.91. The Morgan fingerprint density at radius 2 is 2.06 bits per heavy atom. The van der Waals surface area contributed by atoms with Gasteiger partial charge in [-0.15, -0.1) is 0 Å². The van der Waals surface area contributed by atoms with Gasteiger partial charge in [0, 0.05) is 12.7 Å². The molecule has 96 valence electrons. The van der Waals surface area contributed by atoms with Gasteiger partial charge in [-0.25, -0.2) is 9.78 Å². The monoisotopic (exact) mass is 260 g/mol. The fourth-order valence-electron chi connectivity index (χ4n) is 1.74. The zero-order valence-electron chi connectivity index (χ0n) is 8.86. The molecule has 0 saturated carbocycles. The van der Waals surface area contributed by atoms with Crippen LogP contribution in [-0.4, -0.2) is 34.7 Å². The number of carbonyl (C=O) groups excluding carboxylic acids is 1. The molecule has 0 aliphatic carbocycles. The fourth-order valence-corrected chi connectivity index (χ4v) is 1.74. The summed E-state index contributed by atoms with van der Waals surface area (Å²) in [6.45, 7) is -0.149. The van der Waals surface area contributed by atoms with Crippen LogP contribution >= 0.6 is 0 Å². The number of amides is 1. The number of aromatic nitrogens is 1. The predicted molar refractivity (Wildman–Crippen MR) is 53.3 cm³/mol. The summed E-state index contributed by atoms with van der Waals surface area (Å²) in [4.78, 5) is 25.9. The summed E-state index contributed by atoms with van der Waals surface area (Å²) in [5.41, 5.74) is 0.211. The summed E-state index contributed by atoms with van der Waals surface area (Å²) in [5.74, 6) is -3.33. The summed E-state index contributed by atoms with van der Waals surface area (Å²) >= 11 is 0. The van der Waals surface area contributed by atoms with Crippen LogP contribution in [0.25, 0.3) is 0 Å². The average Bonchev–Trinajstić information content (AvgIpc) is 2.68. The number of hydrogen-bond acceptors (Lipinski definition) is 3. The molecule has 1 aliphatic heterocycles. The third-order valence-corrected chi connectivity index (χ3v) is 2.54. The molecule has 1 amide bonds. The predicted octanol–water partition coefficient (Wildman–Crippen LogP) is 1.23. The lowest BCUT2D eigenvalue weighted by molar-refractivity contribution is -0.170. The van der Waals surface area contributed by atoms with Crippen LogP contribution in [-0.2, 0) is 11.2 Å². The molecule has 1 N–H and O–H groups in total. The molecule has 0 saturated heterocycles. The van der Waals surface area contributed by atoms with Crippen molar-refractivity contribution < 1.29 is 27.9 Å². The standard InChI is InChI=1S/C10H7F3N2O3/c11-10(12,13)9(18)15-2-1-5-3-6(8(16)17)4-14-7(5)15/h3-4H,1-2H2,(H,16,17). The van der Waals surface area contributed by atoms with Gasteiger partial charge in [0.25, 0.3) is 0 Å². The first-order valence-corrected chi connectivity index (χ1v) is 4.91. The number of anilines is 1. The van der Waals surface area contributed by atoms with Gasteiger partial charge in [0.1, 0.15) is 5.82 Å². The van der Waals surface area contributed by atoms with Crippen molar-refractivity contribution in [3.63, 3.8) is 0 Å². The number of pyridine rings is 1. The summed E-state index contributed by atoms with van der Waals surface area (Å²) in [6.07, 6.45) is -3.87. The highest BCUT2D eigenvalue weighted by atomic mass is 19.4. The first kappa shape index (κ1) is 12.3. The third kappa shape index (κ3) is 2.01. The van der Waals surface area contributed by atoms with Gasteiger partial charge in [-0.3, -0.25) is 9.69 Å². The lowest BCUT2D eigenvalue weighted by atomic mass is 10.2. The Morgan fingerprint density at radius 1 is 1.39 bits per heavy atom. The Labute approximate surface area is 98.8 Å². The zero-order chi connectivity index (χ0) is 13.5. The number of carbonyl (C=O) groups is 2. The van der Waals surface area contributed by atoms with Gasteiger partial charge in [0.2, 0.25) is 0 Å². The van der Waals surface area contributed by atoms with Crippen molar-refractivity contribution in [1.82, 2.24) is 4.98 Å². The molecule has 0 radical (unpaired) electrons. The number of nitrogens with zero attached hydrogens (tertiary/aromatic N) is 2. The SMILES string of the molecule is O=C(O)c1cnc2c(c1)CCN2C(=O)C(F)(F)F. The molecule has 2 rings (SSSR count). The topological polar surface area (TPSA) is 70.5 Å². The van der Waals surface area contributed by atoms with Gasteiger partial charge in [0.15, 0.2) is 0 Å². The molecular formula is C10H7F3N2O3. The largest absolute Gasteiger partial charge is 0.478 e. The number of alkyl halides is 3. The zero-order valence-corrected chi connectivity index (χ0v) is 8.86. The second kappa shape index (κ2) is 3.97. The molecule has 2 heterocycles. The highest BCUT2D eigenvalue weighted by molar-refractivity contribution is 5.98. The van der Waals surface area contributed by atoms with Crippen molar-refractivity contribution in [3.05, 3.63) is 23.4 Å². The fraction of sp³-hybridized carbons (Fsp3) is 0.300. The Kier molecular flexibility index (Phi) is 2.72. The molecule has 1 aromatic heterocycles.